The molecular weight excluding hydrogens is 259 g/mol. The molecule has 0 aliphatic carbocycles. The van der Waals surface area contributed by atoms with Gasteiger partial charge in [0.2, 0.25) is 0 Å². The Morgan fingerprint density at radius 3 is 2.50 bits per heavy atom. The second kappa shape index (κ2) is 5.29. The van der Waals surface area contributed by atoms with Crippen LogP contribution in [0.3, 0.4) is 0 Å². The molecular formula is C12H10ClFN2O2. The fourth-order valence-corrected chi connectivity index (χ4v) is 1.57. The van der Waals surface area contributed by atoms with Crippen molar-refractivity contribution in [1.29, 1.82) is 0 Å². The fourth-order valence-electron chi connectivity index (χ4n) is 1.45. The molecule has 0 saturated carbocycles. The largest absolute Gasteiger partial charge is 0.467 e. The molecule has 1 heterocycles. The molecule has 0 fully saturated rings. The lowest BCUT2D eigenvalue weighted by Crippen LogP contribution is -2.02. The van der Waals surface area contributed by atoms with Crippen molar-refractivity contribution in [2.24, 2.45) is 0 Å². The van der Waals surface area contributed by atoms with Crippen LogP contribution in [0.2, 0.25) is 5.02 Å². The summed E-state index contributed by atoms with van der Waals surface area (Å²) in [6, 6.07) is 4.31. The minimum Gasteiger partial charge on any atom is -0.467 e. The monoisotopic (exact) mass is 268 g/mol. The Balaban J connectivity index is 2.28. The molecule has 0 radical (unpaired) electrons. The molecule has 0 amide bonds. The molecule has 0 saturated heterocycles. The summed E-state index contributed by atoms with van der Waals surface area (Å²) in [5.41, 5.74) is 0.822. The quantitative estimate of drug-likeness (QED) is 0.928. The van der Waals surface area contributed by atoms with Gasteiger partial charge in [-0.25, -0.2) is 14.4 Å². The summed E-state index contributed by atoms with van der Waals surface area (Å²) >= 11 is 5.57. The first kappa shape index (κ1) is 12.7. The summed E-state index contributed by atoms with van der Waals surface area (Å²) in [7, 11) is 1.44. The molecule has 94 valence electrons. The summed E-state index contributed by atoms with van der Waals surface area (Å²) in [5, 5.41) is 10.1. The summed E-state index contributed by atoms with van der Waals surface area (Å²) in [6.45, 7) is 0. The number of benzene rings is 1. The predicted molar refractivity (Wildman–Crippen MR) is 64.1 cm³/mol. The lowest BCUT2D eigenvalue weighted by molar-refractivity contribution is 0.218. The van der Waals surface area contributed by atoms with E-state index in [-0.39, 0.29) is 11.0 Å². The van der Waals surface area contributed by atoms with Gasteiger partial charge in [-0.1, -0.05) is 17.7 Å². The molecule has 18 heavy (non-hydrogen) atoms. The minimum absolute atomic E-state index is 0.0110. The smallest absolute Gasteiger partial charge is 0.316 e. The molecule has 1 atom stereocenters. The highest BCUT2D eigenvalue weighted by molar-refractivity contribution is 6.30. The lowest BCUT2D eigenvalue weighted by atomic mass is 10.0. The maximum atomic E-state index is 13.3. The van der Waals surface area contributed by atoms with Crippen LogP contribution in [0.4, 0.5) is 4.39 Å². The van der Waals surface area contributed by atoms with Crippen molar-refractivity contribution in [3.8, 4) is 6.01 Å². The van der Waals surface area contributed by atoms with E-state index in [9.17, 15) is 9.50 Å². The van der Waals surface area contributed by atoms with Crippen molar-refractivity contribution in [3.63, 3.8) is 0 Å². The number of nitrogens with zero attached hydrogens (tertiary/aromatic N) is 2. The average molecular weight is 269 g/mol. The molecule has 2 aromatic rings. The van der Waals surface area contributed by atoms with Crippen molar-refractivity contribution in [2.45, 2.75) is 6.10 Å². The van der Waals surface area contributed by atoms with E-state index in [2.05, 4.69) is 9.97 Å². The molecule has 1 unspecified atom stereocenters. The average Bonchev–Trinajstić information content (AvgIpc) is 2.41. The third-order valence-electron chi connectivity index (χ3n) is 2.41. The Kier molecular flexibility index (Phi) is 3.74. The van der Waals surface area contributed by atoms with E-state index in [1.54, 1.807) is 6.07 Å². The van der Waals surface area contributed by atoms with Crippen molar-refractivity contribution >= 4 is 11.6 Å². The first-order chi connectivity index (χ1) is 8.61. The van der Waals surface area contributed by atoms with Gasteiger partial charge in [0.05, 0.1) is 12.1 Å². The minimum atomic E-state index is -1.01. The van der Waals surface area contributed by atoms with E-state index in [1.807, 2.05) is 0 Å². The molecule has 1 N–H and O–H groups in total. The topological polar surface area (TPSA) is 55.2 Å². The molecule has 4 nitrogen and oxygen atoms in total. The predicted octanol–water partition coefficient (Wildman–Crippen LogP) is 2.36. The Morgan fingerprint density at radius 2 is 1.94 bits per heavy atom. The van der Waals surface area contributed by atoms with Gasteiger partial charge in [0.15, 0.2) is 0 Å². The Morgan fingerprint density at radius 1 is 1.28 bits per heavy atom. The molecule has 0 aliphatic rings. The molecule has 1 aromatic carbocycles. The van der Waals surface area contributed by atoms with Crippen LogP contribution in [-0.4, -0.2) is 22.2 Å². The van der Waals surface area contributed by atoms with Gasteiger partial charge in [-0.05, 0) is 17.7 Å². The van der Waals surface area contributed by atoms with Crippen molar-refractivity contribution in [1.82, 2.24) is 9.97 Å². The maximum Gasteiger partial charge on any atom is 0.316 e. The number of rotatable bonds is 3. The molecule has 0 bridgehead atoms. The van der Waals surface area contributed by atoms with E-state index >= 15 is 0 Å². The number of hydrogen-bond donors (Lipinski definition) is 1. The lowest BCUT2D eigenvalue weighted by Gasteiger charge is -2.11. The zero-order valence-electron chi connectivity index (χ0n) is 9.47. The number of aliphatic hydroxyl groups excluding tert-OH is 1. The molecule has 0 aliphatic heterocycles. The maximum absolute atomic E-state index is 13.3. The zero-order valence-corrected chi connectivity index (χ0v) is 10.2. The standard InChI is InChI=1S/C12H10ClFN2O2/c1-18-12-15-5-8(6-16-12)11(17)7-2-3-9(13)10(14)4-7/h2-6,11,17H,1H3. The third kappa shape index (κ3) is 2.57. The van der Waals surface area contributed by atoms with Crippen LogP contribution < -0.4 is 4.74 Å². The number of hydrogen-bond acceptors (Lipinski definition) is 4. The van der Waals surface area contributed by atoms with Crippen molar-refractivity contribution in [2.75, 3.05) is 7.11 Å². The van der Waals surface area contributed by atoms with Crippen LogP contribution in [0, 0.1) is 5.82 Å². The second-order valence-corrected chi connectivity index (χ2v) is 3.99. The Labute approximate surface area is 108 Å². The van der Waals surface area contributed by atoms with Crippen molar-refractivity contribution in [3.05, 3.63) is 52.6 Å². The summed E-state index contributed by atoms with van der Waals surface area (Å²) in [6.07, 6.45) is 1.83. The van der Waals surface area contributed by atoms with E-state index in [0.29, 0.717) is 11.1 Å². The number of aromatic nitrogens is 2. The summed E-state index contributed by atoms with van der Waals surface area (Å²) in [4.78, 5) is 7.74. The van der Waals surface area contributed by atoms with Crippen LogP contribution in [-0.2, 0) is 0 Å². The van der Waals surface area contributed by atoms with Gasteiger partial charge in [-0.2, -0.15) is 0 Å². The normalized spacial score (nSPS) is 12.2. The van der Waals surface area contributed by atoms with E-state index in [4.69, 9.17) is 16.3 Å². The highest BCUT2D eigenvalue weighted by Crippen LogP contribution is 2.24. The fraction of sp³-hybridized carbons (Fsp3) is 0.167. The second-order valence-electron chi connectivity index (χ2n) is 3.58. The van der Waals surface area contributed by atoms with Crippen LogP contribution in [0.1, 0.15) is 17.2 Å². The van der Waals surface area contributed by atoms with Crippen LogP contribution in [0.5, 0.6) is 6.01 Å². The van der Waals surface area contributed by atoms with Crippen LogP contribution in [0.25, 0.3) is 0 Å². The van der Waals surface area contributed by atoms with Gasteiger partial charge in [0, 0.05) is 18.0 Å². The Bertz CT molecular complexity index is 548. The summed E-state index contributed by atoms with van der Waals surface area (Å²) < 4.78 is 18.1. The number of ether oxygens (including phenoxy) is 1. The van der Waals surface area contributed by atoms with Gasteiger partial charge in [0.25, 0.3) is 0 Å². The first-order valence-corrected chi connectivity index (χ1v) is 5.48. The SMILES string of the molecule is COc1ncc(C(O)c2ccc(Cl)c(F)c2)cn1. The number of methoxy groups -OCH3 is 1. The zero-order chi connectivity index (χ0) is 13.1. The highest BCUT2D eigenvalue weighted by atomic mass is 35.5. The van der Waals surface area contributed by atoms with Gasteiger partial charge in [-0.15, -0.1) is 0 Å². The highest BCUT2D eigenvalue weighted by Gasteiger charge is 2.13. The Hall–Kier alpha value is -1.72. The number of halogens is 2. The molecule has 1 aromatic heterocycles. The first-order valence-electron chi connectivity index (χ1n) is 5.10. The van der Waals surface area contributed by atoms with Gasteiger partial charge < -0.3 is 9.84 Å². The van der Waals surface area contributed by atoms with E-state index in [1.165, 1.54) is 31.6 Å². The third-order valence-corrected chi connectivity index (χ3v) is 2.71. The van der Waals surface area contributed by atoms with Crippen LogP contribution in [0.15, 0.2) is 30.6 Å². The number of aliphatic hydroxyl groups is 1. The van der Waals surface area contributed by atoms with Crippen LogP contribution >= 0.6 is 11.6 Å². The van der Waals surface area contributed by atoms with E-state index < -0.39 is 11.9 Å². The molecule has 0 spiro atoms. The molecule has 2 rings (SSSR count). The molecule has 6 heteroatoms. The van der Waals surface area contributed by atoms with Gasteiger partial charge >= 0.3 is 6.01 Å². The van der Waals surface area contributed by atoms with E-state index in [0.717, 1.165) is 0 Å². The summed E-state index contributed by atoms with van der Waals surface area (Å²) in [5.74, 6) is -0.581. The van der Waals surface area contributed by atoms with Gasteiger partial charge in [-0.3, -0.25) is 0 Å². The van der Waals surface area contributed by atoms with Crippen molar-refractivity contribution < 1.29 is 14.2 Å². The van der Waals surface area contributed by atoms with Gasteiger partial charge in [0.1, 0.15) is 11.9 Å².